The van der Waals surface area contributed by atoms with Gasteiger partial charge in [-0.1, -0.05) is 37.3 Å². The van der Waals surface area contributed by atoms with Crippen LogP contribution in [0.3, 0.4) is 0 Å². The van der Waals surface area contributed by atoms with Gasteiger partial charge in [0.1, 0.15) is 18.4 Å². The summed E-state index contributed by atoms with van der Waals surface area (Å²) in [6.45, 7) is 5.53. The first-order valence-corrected chi connectivity index (χ1v) is 12.8. The van der Waals surface area contributed by atoms with Gasteiger partial charge in [0.05, 0.1) is 31.3 Å². The van der Waals surface area contributed by atoms with Crippen LogP contribution in [-0.2, 0) is 30.8 Å². The average Bonchev–Trinajstić information content (AvgIpc) is 2.86. The van der Waals surface area contributed by atoms with Gasteiger partial charge in [-0.3, -0.25) is 0 Å². The summed E-state index contributed by atoms with van der Waals surface area (Å²) in [7, 11) is -3.96. The van der Waals surface area contributed by atoms with Crippen LogP contribution in [0.1, 0.15) is 19.4 Å². The van der Waals surface area contributed by atoms with Crippen molar-refractivity contribution in [2.45, 2.75) is 43.4 Å². The maximum absolute atomic E-state index is 13.3. The summed E-state index contributed by atoms with van der Waals surface area (Å²) in [6.07, 6.45) is 0. The molecule has 3 N–H and O–H groups in total. The van der Waals surface area contributed by atoms with Gasteiger partial charge in [0.15, 0.2) is 0 Å². The average molecular weight is 493 g/mol. The van der Waals surface area contributed by atoms with E-state index in [1.165, 1.54) is 12.1 Å². The lowest BCUT2D eigenvalue weighted by atomic mass is 9.90. The number of fused-ring (bicyclic) bond motifs is 3. The predicted molar refractivity (Wildman–Crippen MR) is 125 cm³/mol. The molecule has 3 saturated heterocycles. The molecule has 5 rings (SSSR count). The van der Waals surface area contributed by atoms with Crippen molar-refractivity contribution in [3.05, 3.63) is 60.2 Å². The van der Waals surface area contributed by atoms with Crippen molar-refractivity contribution >= 4 is 10.0 Å². The summed E-state index contributed by atoms with van der Waals surface area (Å²) in [5.74, 6) is -0.990. The van der Waals surface area contributed by atoms with Gasteiger partial charge in [0, 0.05) is 18.0 Å². The van der Waals surface area contributed by atoms with E-state index in [1.54, 1.807) is 19.1 Å². The molecule has 2 aromatic rings. The smallest absolute Gasteiger partial charge is 0.302 e. The summed E-state index contributed by atoms with van der Waals surface area (Å²) < 4.78 is 52.8. The van der Waals surface area contributed by atoms with E-state index in [1.807, 2.05) is 37.3 Å². The number of sulfonamides is 1. The summed E-state index contributed by atoms with van der Waals surface area (Å²) in [6, 6.07) is 14.6. The van der Waals surface area contributed by atoms with Crippen molar-refractivity contribution in [1.82, 2.24) is 10.0 Å². The number of rotatable bonds is 11. The Kier molecular flexibility index (Phi) is 7.58. The molecule has 0 amide bonds. The molecule has 0 saturated carbocycles. The fraction of sp³-hybridized carbons (Fsp3) is 0.500. The number of aliphatic hydroxyl groups is 1. The van der Waals surface area contributed by atoms with Gasteiger partial charge in [-0.2, -0.15) is 4.72 Å². The molecular weight excluding hydrogens is 460 g/mol. The zero-order valence-electron chi connectivity index (χ0n) is 19.4. The Balaban J connectivity index is 1.49. The maximum Gasteiger partial charge on any atom is 0.302 e. The van der Waals surface area contributed by atoms with Crippen LogP contribution in [0.25, 0.3) is 0 Å². The van der Waals surface area contributed by atoms with E-state index in [9.17, 15) is 13.5 Å². The van der Waals surface area contributed by atoms with Crippen molar-refractivity contribution in [2.75, 3.05) is 33.0 Å². The van der Waals surface area contributed by atoms with Crippen molar-refractivity contribution in [1.29, 1.82) is 0 Å². The lowest BCUT2D eigenvalue weighted by Crippen LogP contribution is -2.71. The zero-order valence-corrected chi connectivity index (χ0v) is 20.2. The predicted octanol–water partition coefficient (Wildman–Crippen LogP) is 1.62. The summed E-state index contributed by atoms with van der Waals surface area (Å²) in [5.41, 5.74) is 0.756. The van der Waals surface area contributed by atoms with Crippen LogP contribution in [0.5, 0.6) is 5.75 Å². The Hall–Kier alpha value is -2.05. The lowest BCUT2D eigenvalue weighted by Gasteiger charge is -2.54. The number of aliphatic hydroxyl groups excluding tert-OH is 1. The molecule has 0 spiro atoms. The molecule has 10 heteroatoms. The quantitative estimate of drug-likeness (QED) is 0.434. The first-order valence-electron chi connectivity index (χ1n) is 11.3. The molecule has 186 valence electrons. The number of hydrogen-bond acceptors (Lipinski definition) is 8. The monoisotopic (exact) mass is 492 g/mol. The molecule has 3 aliphatic rings. The highest BCUT2D eigenvalue weighted by atomic mass is 32.2. The SMILES string of the molecule is CC(NCCO)C(NS(=O)(=O)c1ccc(OCc2ccccc2)cc1)C12OCC(C)(CO1)CO2. The molecule has 3 fully saturated rings. The first-order chi connectivity index (χ1) is 16.3. The van der Waals surface area contributed by atoms with E-state index in [0.29, 0.717) is 32.2 Å². The highest BCUT2D eigenvalue weighted by Gasteiger charge is 2.57. The standard InChI is InChI=1S/C24H32N2O7S/c1-18(25-12-13-27)22(24-31-15-23(2,16-32-24)17-33-24)26-34(28,29)21-10-8-20(9-11-21)30-14-19-6-4-3-5-7-19/h3-11,18,22,25-27H,12-17H2,1-2H3. The van der Waals surface area contributed by atoms with E-state index >= 15 is 0 Å². The summed E-state index contributed by atoms with van der Waals surface area (Å²) in [4.78, 5) is 0.0757. The third kappa shape index (κ3) is 5.60. The van der Waals surface area contributed by atoms with Crippen LogP contribution in [0.2, 0.25) is 0 Å². The molecule has 2 bridgehead atoms. The van der Waals surface area contributed by atoms with E-state index in [0.717, 1.165) is 5.56 Å². The number of nitrogens with one attached hydrogen (secondary N) is 2. The third-order valence-corrected chi connectivity index (χ3v) is 7.45. The number of hydrogen-bond donors (Lipinski definition) is 3. The summed E-state index contributed by atoms with van der Waals surface area (Å²) in [5, 5.41) is 12.3. The molecule has 0 radical (unpaired) electrons. The fourth-order valence-electron chi connectivity index (χ4n) is 3.93. The topological polar surface area (TPSA) is 115 Å². The van der Waals surface area contributed by atoms with Gasteiger partial charge in [0.25, 0.3) is 0 Å². The minimum Gasteiger partial charge on any atom is -0.489 e. The van der Waals surface area contributed by atoms with Crippen LogP contribution in [-0.4, -0.2) is 64.6 Å². The van der Waals surface area contributed by atoms with Gasteiger partial charge in [0.2, 0.25) is 10.0 Å². The molecule has 34 heavy (non-hydrogen) atoms. The normalized spacial score (nSPS) is 26.2. The number of ether oxygens (including phenoxy) is 4. The van der Waals surface area contributed by atoms with Crippen LogP contribution >= 0.6 is 0 Å². The molecule has 9 nitrogen and oxygen atoms in total. The van der Waals surface area contributed by atoms with Gasteiger partial charge in [-0.15, -0.1) is 0 Å². The molecule has 2 unspecified atom stereocenters. The van der Waals surface area contributed by atoms with E-state index in [4.69, 9.17) is 18.9 Å². The van der Waals surface area contributed by atoms with Gasteiger partial charge in [-0.25, -0.2) is 8.42 Å². The fourth-order valence-corrected chi connectivity index (χ4v) is 5.24. The maximum atomic E-state index is 13.3. The van der Waals surface area contributed by atoms with Crippen molar-refractivity contribution in [2.24, 2.45) is 5.41 Å². The number of benzene rings is 2. The Morgan fingerprint density at radius 3 is 2.24 bits per heavy atom. The Bertz CT molecular complexity index is 1020. The van der Waals surface area contributed by atoms with Crippen LogP contribution in [0, 0.1) is 5.41 Å². The lowest BCUT2D eigenvalue weighted by molar-refractivity contribution is -0.474. The van der Waals surface area contributed by atoms with Gasteiger partial charge >= 0.3 is 5.97 Å². The molecular formula is C24H32N2O7S. The Morgan fingerprint density at radius 1 is 1.03 bits per heavy atom. The van der Waals surface area contributed by atoms with Gasteiger partial charge in [-0.05, 0) is 36.8 Å². The second-order valence-electron chi connectivity index (χ2n) is 9.09. The van der Waals surface area contributed by atoms with E-state index in [-0.39, 0.29) is 23.5 Å². The van der Waals surface area contributed by atoms with E-state index in [2.05, 4.69) is 10.0 Å². The minimum absolute atomic E-state index is 0.0757. The molecule has 2 atom stereocenters. The molecule has 3 heterocycles. The largest absolute Gasteiger partial charge is 0.489 e. The van der Waals surface area contributed by atoms with E-state index < -0.39 is 28.1 Å². The van der Waals surface area contributed by atoms with Crippen LogP contribution < -0.4 is 14.8 Å². The highest BCUT2D eigenvalue weighted by Crippen LogP contribution is 2.41. The van der Waals surface area contributed by atoms with Crippen molar-refractivity contribution in [3.8, 4) is 5.75 Å². The Labute approximate surface area is 200 Å². The summed E-state index contributed by atoms with van der Waals surface area (Å²) >= 11 is 0. The third-order valence-electron chi connectivity index (χ3n) is 5.99. The first kappa shape index (κ1) is 25.1. The van der Waals surface area contributed by atoms with Crippen molar-refractivity contribution in [3.63, 3.8) is 0 Å². The Morgan fingerprint density at radius 2 is 1.65 bits per heavy atom. The van der Waals surface area contributed by atoms with Crippen LogP contribution in [0.15, 0.2) is 59.5 Å². The highest BCUT2D eigenvalue weighted by molar-refractivity contribution is 7.89. The molecule has 0 aliphatic carbocycles. The van der Waals surface area contributed by atoms with Crippen molar-refractivity contribution < 1.29 is 32.5 Å². The second kappa shape index (κ2) is 10.3. The zero-order chi connectivity index (χ0) is 24.2. The second-order valence-corrected chi connectivity index (χ2v) is 10.8. The molecule has 2 aromatic carbocycles. The van der Waals surface area contributed by atoms with Crippen LogP contribution in [0.4, 0.5) is 0 Å². The minimum atomic E-state index is -3.96. The van der Waals surface area contributed by atoms with Gasteiger partial charge < -0.3 is 29.4 Å². The molecule has 0 aromatic heterocycles. The molecule has 3 aliphatic heterocycles.